The molecular formula is C16H24FN3O3. The summed E-state index contributed by atoms with van der Waals surface area (Å²) in [6.07, 6.45) is 1.32. The van der Waals surface area contributed by atoms with Crippen molar-refractivity contribution in [3.8, 4) is 0 Å². The van der Waals surface area contributed by atoms with Gasteiger partial charge in [-0.15, -0.1) is 0 Å². The van der Waals surface area contributed by atoms with Gasteiger partial charge in [-0.2, -0.15) is 0 Å². The molecule has 0 aromatic carbocycles. The molecular weight excluding hydrogens is 301 g/mol. The standard InChI is InChI=1S/C16H24FN3O3/c1-16(2)11-20(15-13(17)6-5-7-18-15)8-12(23-16)9-22-10-14(21)19(3)4/h5-7,12H,8-11H2,1-4H3/t12-/m0/s1. The number of rotatable bonds is 5. The zero-order valence-corrected chi connectivity index (χ0v) is 14.1. The number of ether oxygens (including phenoxy) is 2. The number of pyridine rings is 1. The number of amides is 1. The third-order valence-corrected chi connectivity index (χ3v) is 3.55. The Morgan fingerprint density at radius 2 is 2.30 bits per heavy atom. The Balaban J connectivity index is 1.99. The van der Waals surface area contributed by atoms with E-state index < -0.39 is 5.60 Å². The summed E-state index contributed by atoms with van der Waals surface area (Å²) in [6.45, 7) is 5.16. The molecule has 0 radical (unpaired) electrons. The zero-order chi connectivity index (χ0) is 17.0. The second-order valence-electron chi connectivity index (χ2n) is 6.49. The zero-order valence-electron chi connectivity index (χ0n) is 14.1. The second kappa shape index (κ2) is 7.23. The lowest BCUT2D eigenvalue weighted by atomic mass is 10.1. The summed E-state index contributed by atoms with van der Waals surface area (Å²) in [5.74, 6) is -0.140. The summed E-state index contributed by atoms with van der Waals surface area (Å²) in [4.78, 5) is 19.0. The van der Waals surface area contributed by atoms with Crippen molar-refractivity contribution in [1.82, 2.24) is 9.88 Å². The molecule has 6 nitrogen and oxygen atoms in total. The van der Waals surface area contributed by atoms with Gasteiger partial charge in [0.1, 0.15) is 6.61 Å². The topological polar surface area (TPSA) is 54.9 Å². The molecule has 1 saturated heterocycles. The Hall–Kier alpha value is -1.73. The smallest absolute Gasteiger partial charge is 0.248 e. The van der Waals surface area contributed by atoms with Gasteiger partial charge in [0.25, 0.3) is 0 Å². The molecule has 1 aromatic heterocycles. The van der Waals surface area contributed by atoms with Crippen LogP contribution in [0, 0.1) is 5.82 Å². The molecule has 7 heteroatoms. The molecule has 128 valence electrons. The predicted octanol–water partition coefficient (Wildman–Crippen LogP) is 1.31. The van der Waals surface area contributed by atoms with Crippen molar-refractivity contribution in [2.24, 2.45) is 0 Å². The van der Waals surface area contributed by atoms with Gasteiger partial charge in [0.15, 0.2) is 11.6 Å². The number of carbonyl (C=O) groups excluding carboxylic acids is 1. The van der Waals surface area contributed by atoms with Gasteiger partial charge in [-0.25, -0.2) is 9.37 Å². The van der Waals surface area contributed by atoms with Crippen LogP contribution in [0.2, 0.25) is 0 Å². The summed E-state index contributed by atoms with van der Waals surface area (Å²) >= 11 is 0. The SMILES string of the molecule is CN(C)C(=O)COC[C@@H]1CN(c2ncccc2F)CC(C)(C)O1. The minimum atomic E-state index is -0.457. The van der Waals surface area contributed by atoms with Crippen LogP contribution in [0.3, 0.4) is 0 Å². The van der Waals surface area contributed by atoms with Gasteiger partial charge >= 0.3 is 0 Å². The van der Waals surface area contributed by atoms with Crippen LogP contribution < -0.4 is 4.90 Å². The van der Waals surface area contributed by atoms with Crippen molar-refractivity contribution < 1.29 is 18.7 Å². The van der Waals surface area contributed by atoms with E-state index >= 15 is 0 Å². The van der Waals surface area contributed by atoms with Gasteiger partial charge in [0, 0.05) is 33.4 Å². The van der Waals surface area contributed by atoms with Crippen LogP contribution in [0.25, 0.3) is 0 Å². The third kappa shape index (κ3) is 4.87. The number of nitrogens with zero attached hydrogens (tertiary/aromatic N) is 3. The minimum Gasteiger partial charge on any atom is -0.369 e. The fraction of sp³-hybridized carbons (Fsp3) is 0.625. The molecule has 2 heterocycles. The summed E-state index contributed by atoms with van der Waals surface area (Å²) in [5, 5.41) is 0. The van der Waals surface area contributed by atoms with Crippen molar-refractivity contribution in [1.29, 1.82) is 0 Å². The lowest BCUT2D eigenvalue weighted by molar-refractivity contribution is -0.139. The molecule has 1 aliphatic heterocycles. The number of carbonyl (C=O) groups is 1. The maximum atomic E-state index is 14.0. The quantitative estimate of drug-likeness (QED) is 0.817. The lowest BCUT2D eigenvalue weighted by Crippen LogP contribution is -2.54. The number of aromatic nitrogens is 1. The van der Waals surface area contributed by atoms with E-state index in [1.54, 1.807) is 26.4 Å². The maximum absolute atomic E-state index is 14.0. The molecule has 1 atom stereocenters. The monoisotopic (exact) mass is 325 g/mol. The molecule has 0 spiro atoms. The first kappa shape index (κ1) is 17.6. The van der Waals surface area contributed by atoms with Gasteiger partial charge in [0.05, 0.1) is 18.3 Å². The summed E-state index contributed by atoms with van der Waals surface area (Å²) < 4.78 is 25.4. The molecule has 2 rings (SSSR count). The Morgan fingerprint density at radius 3 is 2.96 bits per heavy atom. The van der Waals surface area contributed by atoms with Crippen molar-refractivity contribution in [3.05, 3.63) is 24.1 Å². The molecule has 1 fully saturated rings. The van der Waals surface area contributed by atoms with Crippen LogP contribution in [-0.4, -0.2) is 67.9 Å². The highest BCUT2D eigenvalue weighted by Gasteiger charge is 2.35. The highest BCUT2D eigenvalue weighted by molar-refractivity contribution is 5.76. The number of hydrogen-bond acceptors (Lipinski definition) is 5. The molecule has 1 aliphatic rings. The molecule has 0 saturated carbocycles. The van der Waals surface area contributed by atoms with Crippen molar-refractivity contribution >= 4 is 11.7 Å². The fourth-order valence-electron chi connectivity index (χ4n) is 2.56. The normalized spacial score (nSPS) is 20.4. The average Bonchev–Trinajstić information content (AvgIpc) is 2.45. The number of morpholine rings is 1. The van der Waals surface area contributed by atoms with Crippen molar-refractivity contribution in [2.75, 3.05) is 45.3 Å². The van der Waals surface area contributed by atoms with Crippen LogP contribution in [0.5, 0.6) is 0 Å². The fourth-order valence-corrected chi connectivity index (χ4v) is 2.56. The Kier molecular flexibility index (Phi) is 5.54. The number of hydrogen-bond donors (Lipinski definition) is 0. The van der Waals surface area contributed by atoms with Crippen LogP contribution in [-0.2, 0) is 14.3 Å². The summed E-state index contributed by atoms with van der Waals surface area (Å²) in [7, 11) is 3.36. The van der Waals surface area contributed by atoms with E-state index in [1.165, 1.54) is 11.0 Å². The van der Waals surface area contributed by atoms with E-state index in [4.69, 9.17) is 9.47 Å². The first-order valence-corrected chi connectivity index (χ1v) is 7.60. The maximum Gasteiger partial charge on any atom is 0.248 e. The Bertz CT molecular complexity index is 551. The third-order valence-electron chi connectivity index (χ3n) is 3.55. The molecule has 1 aromatic rings. The summed E-state index contributed by atoms with van der Waals surface area (Å²) in [5.41, 5.74) is -0.457. The molecule has 0 aliphatic carbocycles. The van der Waals surface area contributed by atoms with Gasteiger partial charge < -0.3 is 19.3 Å². The first-order valence-electron chi connectivity index (χ1n) is 7.60. The molecule has 1 amide bonds. The van der Waals surface area contributed by atoms with Gasteiger partial charge in [-0.05, 0) is 26.0 Å². The van der Waals surface area contributed by atoms with Gasteiger partial charge in [-0.3, -0.25) is 4.79 Å². The van der Waals surface area contributed by atoms with E-state index in [-0.39, 0.29) is 31.0 Å². The number of halogens is 1. The molecule has 23 heavy (non-hydrogen) atoms. The number of likely N-dealkylation sites (N-methyl/N-ethyl adjacent to an activating group) is 1. The second-order valence-corrected chi connectivity index (χ2v) is 6.49. The van der Waals surface area contributed by atoms with E-state index in [1.807, 2.05) is 18.7 Å². The predicted molar refractivity (Wildman–Crippen MR) is 84.9 cm³/mol. The van der Waals surface area contributed by atoms with Crippen LogP contribution >= 0.6 is 0 Å². The average molecular weight is 325 g/mol. The van der Waals surface area contributed by atoms with Crippen molar-refractivity contribution in [2.45, 2.75) is 25.6 Å². The summed E-state index contributed by atoms with van der Waals surface area (Å²) in [6, 6.07) is 2.96. The van der Waals surface area contributed by atoms with E-state index in [0.29, 0.717) is 18.9 Å². The molecule has 0 bridgehead atoms. The largest absolute Gasteiger partial charge is 0.369 e. The Morgan fingerprint density at radius 1 is 1.57 bits per heavy atom. The van der Waals surface area contributed by atoms with Gasteiger partial charge in [-0.1, -0.05) is 0 Å². The molecule has 0 N–H and O–H groups in total. The highest BCUT2D eigenvalue weighted by Crippen LogP contribution is 2.26. The van der Waals surface area contributed by atoms with Crippen molar-refractivity contribution in [3.63, 3.8) is 0 Å². The van der Waals surface area contributed by atoms with Crippen LogP contribution in [0.15, 0.2) is 18.3 Å². The lowest BCUT2D eigenvalue weighted by Gasteiger charge is -2.43. The van der Waals surface area contributed by atoms with Gasteiger partial charge in [0.2, 0.25) is 5.91 Å². The van der Waals surface area contributed by atoms with E-state index in [9.17, 15) is 9.18 Å². The van der Waals surface area contributed by atoms with Crippen LogP contribution in [0.1, 0.15) is 13.8 Å². The molecule has 0 unspecified atom stereocenters. The van der Waals surface area contributed by atoms with E-state index in [0.717, 1.165) is 0 Å². The van der Waals surface area contributed by atoms with Crippen LogP contribution in [0.4, 0.5) is 10.2 Å². The van der Waals surface area contributed by atoms with E-state index in [2.05, 4.69) is 4.98 Å². The number of anilines is 1. The first-order chi connectivity index (χ1) is 10.8. The minimum absolute atomic E-state index is 0.00520. The highest BCUT2D eigenvalue weighted by atomic mass is 19.1. The Labute approximate surface area is 136 Å².